The Morgan fingerprint density at radius 2 is 0.929 bits per heavy atom. The van der Waals surface area contributed by atoms with Crippen molar-refractivity contribution in [2.75, 3.05) is 0 Å². The molecule has 2 aliphatic carbocycles. The second-order valence-electron chi connectivity index (χ2n) is 13.6. The summed E-state index contributed by atoms with van der Waals surface area (Å²) in [5.41, 5.74) is 8.96. The summed E-state index contributed by atoms with van der Waals surface area (Å²) in [7, 11) is 0. The van der Waals surface area contributed by atoms with E-state index in [1.807, 2.05) is 29.0 Å². The van der Waals surface area contributed by atoms with Crippen LogP contribution in [0.3, 0.4) is 0 Å². The lowest BCUT2D eigenvalue weighted by Gasteiger charge is -2.15. The number of carbonyl (C=O) groups excluding carboxylic acids is 4. The summed E-state index contributed by atoms with van der Waals surface area (Å²) in [5.74, 6) is -0.392. The summed E-state index contributed by atoms with van der Waals surface area (Å²) in [6, 6.07) is 31.5. The maximum Gasteiger partial charge on any atom is 0.299 e. The van der Waals surface area contributed by atoms with Gasteiger partial charge in [0, 0.05) is 52.8 Å². The fourth-order valence-corrected chi connectivity index (χ4v) is 6.73. The average molecular weight is 786 g/mol. The number of carbonyl (C=O) groups is 4. The molecule has 0 amide bonds. The molecule has 8 rings (SSSR count). The smallest absolute Gasteiger partial charge is 0.299 e. The molecule has 2 unspecified atom stereocenters. The predicted molar refractivity (Wildman–Crippen MR) is 214 cm³/mol. The van der Waals surface area contributed by atoms with E-state index in [2.05, 4.69) is 91.2 Å². The number of halogens is 2. The zero-order valence-corrected chi connectivity index (χ0v) is 33.2. The number of aromatic nitrogens is 4. The van der Waals surface area contributed by atoms with E-state index < -0.39 is 23.1 Å². The van der Waals surface area contributed by atoms with E-state index in [9.17, 15) is 19.2 Å². The summed E-state index contributed by atoms with van der Waals surface area (Å²) >= 11 is 5.69. The number of nitrogens with zero attached hydrogens (tertiary/aromatic N) is 4. The highest BCUT2D eigenvalue weighted by atomic mass is 35.5. The van der Waals surface area contributed by atoms with Gasteiger partial charge < -0.3 is 12.4 Å². The van der Waals surface area contributed by atoms with Crippen LogP contribution in [0.2, 0.25) is 0 Å². The molecule has 4 aromatic heterocycles. The van der Waals surface area contributed by atoms with E-state index in [-0.39, 0.29) is 29.5 Å². The average Bonchev–Trinajstić information content (AvgIpc) is 3.25. The maximum absolute atomic E-state index is 12.8. The zero-order valence-electron chi connectivity index (χ0n) is 31.7. The summed E-state index contributed by atoms with van der Waals surface area (Å²) in [6.45, 7) is 9.39. The molecule has 0 spiro atoms. The summed E-state index contributed by atoms with van der Waals surface area (Å²) in [5, 5.41) is 0. The van der Waals surface area contributed by atoms with Crippen molar-refractivity contribution in [2.45, 2.75) is 64.8 Å². The molecule has 0 saturated carbocycles. The molecule has 284 valence electrons. The number of fused-ring (bicyclic) bond motifs is 6. The van der Waals surface area contributed by atoms with E-state index in [0.717, 1.165) is 23.1 Å². The van der Waals surface area contributed by atoms with Crippen LogP contribution in [0.25, 0.3) is 22.3 Å². The number of benzene rings is 2. The second-order valence-corrected chi connectivity index (χ2v) is 13.9. The number of Topliss-reactive ketones (excluding diaryl/α,β-unsaturated/α-hetero) is 4. The highest BCUT2D eigenvalue weighted by Gasteiger charge is 2.38. The van der Waals surface area contributed by atoms with Crippen LogP contribution in [0.15, 0.2) is 122 Å². The Balaban J connectivity index is 0.000000176. The van der Waals surface area contributed by atoms with Crippen molar-refractivity contribution in [3.05, 3.63) is 167 Å². The molecule has 6 aromatic rings. The highest BCUT2D eigenvalue weighted by molar-refractivity contribution is 6.52. The van der Waals surface area contributed by atoms with Gasteiger partial charge in [-0.15, -0.1) is 11.6 Å². The minimum Gasteiger partial charge on any atom is -1.00 e. The minimum absolute atomic E-state index is 0. The number of pyridine rings is 4. The maximum atomic E-state index is 12.8. The predicted octanol–water partition coefficient (Wildman–Crippen LogP) is 6.44. The van der Waals surface area contributed by atoms with Crippen molar-refractivity contribution >= 4 is 34.7 Å². The first-order valence-electron chi connectivity index (χ1n) is 18.5. The summed E-state index contributed by atoms with van der Waals surface area (Å²) < 4.78 is 1.86. The zero-order chi connectivity index (χ0) is 39.1. The van der Waals surface area contributed by atoms with Crippen LogP contribution in [-0.4, -0.2) is 38.1 Å². The first-order chi connectivity index (χ1) is 26.7. The van der Waals surface area contributed by atoms with Crippen LogP contribution in [0.5, 0.6) is 0 Å². The van der Waals surface area contributed by atoms with Gasteiger partial charge in [-0.2, -0.15) is 4.57 Å². The van der Waals surface area contributed by atoms with Crippen LogP contribution in [-0.2, 0) is 12.4 Å². The van der Waals surface area contributed by atoms with Gasteiger partial charge in [0.25, 0.3) is 28.8 Å². The molecule has 2 aromatic carbocycles. The number of alkyl halides is 1. The van der Waals surface area contributed by atoms with Crippen LogP contribution >= 0.6 is 11.6 Å². The number of rotatable bonds is 7. The molecule has 2 aliphatic rings. The van der Waals surface area contributed by atoms with Crippen molar-refractivity contribution in [2.24, 2.45) is 0 Å². The monoisotopic (exact) mass is 784 g/mol. The van der Waals surface area contributed by atoms with E-state index in [4.69, 9.17) is 11.6 Å². The molecular weight excluding hydrogens is 743 g/mol. The third-order valence-electron chi connectivity index (χ3n) is 10.2. The van der Waals surface area contributed by atoms with E-state index in [0.29, 0.717) is 41.1 Å². The van der Waals surface area contributed by atoms with Crippen molar-refractivity contribution < 1.29 is 36.2 Å². The Morgan fingerprint density at radius 3 is 1.36 bits per heavy atom. The Hall–Kier alpha value is -5.70. The molecule has 2 atom stereocenters. The second kappa shape index (κ2) is 18.8. The molecule has 0 radical (unpaired) electrons. The van der Waals surface area contributed by atoms with Gasteiger partial charge in [-0.1, -0.05) is 94.4 Å². The van der Waals surface area contributed by atoms with Crippen LogP contribution in [0.1, 0.15) is 117 Å². The van der Waals surface area contributed by atoms with Crippen LogP contribution in [0.4, 0.5) is 0 Å². The van der Waals surface area contributed by atoms with Gasteiger partial charge in [-0.3, -0.25) is 34.1 Å². The van der Waals surface area contributed by atoms with Crippen molar-refractivity contribution in [1.29, 1.82) is 0 Å². The van der Waals surface area contributed by atoms with Crippen LogP contribution < -0.4 is 17.0 Å². The fraction of sp³-hybridized carbons (Fsp3) is 0.217. The standard InChI is InChI=1S/C23H21N2O2.C12H6N2O2.C11H15Cl.ClH/c1-3-15(2)17-10-8-16(9-11-17)14-25-13-5-7-19-18-6-4-12-24-20(18)22(26)23(27)21(19)25;15-11-9-7(3-1-5-13-9)8-4-2-6-14-10(8)12(11)16;1-3-9(2)11-6-4-10(8-12)5-7-11;/h4-13,15H,3,14H2,1-2H3;1-6H;4-7,9H,3,8H2,1-2H3;1H/q+1;;;/p-1. The topological polar surface area (TPSA) is 111 Å². The molecule has 0 saturated heterocycles. The highest BCUT2D eigenvalue weighted by Crippen LogP contribution is 2.31. The molecule has 0 fully saturated rings. The largest absolute Gasteiger partial charge is 1.00 e. The molecule has 4 heterocycles. The first kappa shape index (κ1) is 41.5. The SMILES string of the molecule is CCC(C)c1ccc(CCl)cc1.CCC(C)c1ccc(C[n+]2cccc3c2C(=O)C(=O)c2ncccc2-3)cc1.O=C1C(=O)c2ncccc2-c2cccnc21.[Cl-]. The Bertz CT molecular complexity index is 2320. The lowest BCUT2D eigenvalue weighted by Crippen LogP contribution is -3.00. The van der Waals surface area contributed by atoms with Gasteiger partial charge in [-0.05, 0) is 65.6 Å². The first-order valence-corrected chi connectivity index (χ1v) is 19.0. The van der Waals surface area contributed by atoms with Gasteiger partial charge in [0.15, 0.2) is 12.7 Å². The minimum atomic E-state index is -0.582. The molecule has 0 N–H and O–H groups in total. The van der Waals surface area contributed by atoms with Crippen molar-refractivity contribution in [3.8, 4) is 22.3 Å². The Kier molecular flexibility index (Phi) is 13.9. The third kappa shape index (κ3) is 8.72. The summed E-state index contributed by atoms with van der Waals surface area (Å²) in [4.78, 5) is 60.7. The van der Waals surface area contributed by atoms with E-state index in [1.54, 1.807) is 36.5 Å². The lowest BCUT2D eigenvalue weighted by atomic mass is 9.90. The van der Waals surface area contributed by atoms with Crippen molar-refractivity contribution in [1.82, 2.24) is 15.0 Å². The van der Waals surface area contributed by atoms with Gasteiger partial charge in [0.05, 0.1) is 5.56 Å². The molecular formula is C46H42Cl2N4O4. The molecule has 10 heteroatoms. The van der Waals surface area contributed by atoms with E-state index >= 15 is 0 Å². The number of hydrogen-bond acceptors (Lipinski definition) is 7. The van der Waals surface area contributed by atoms with Gasteiger partial charge in [0.1, 0.15) is 17.1 Å². The number of hydrogen-bond donors (Lipinski definition) is 0. The molecule has 0 bridgehead atoms. The lowest BCUT2D eigenvalue weighted by molar-refractivity contribution is -0.689. The van der Waals surface area contributed by atoms with E-state index in [1.165, 1.54) is 35.5 Å². The fourth-order valence-electron chi connectivity index (χ4n) is 6.55. The molecule has 8 nitrogen and oxygen atoms in total. The quantitative estimate of drug-likeness (QED) is 0.104. The van der Waals surface area contributed by atoms with Gasteiger partial charge in [0.2, 0.25) is 0 Å². The Labute approximate surface area is 338 Å². The van der Waals surface area contributed by atoms with Crippen molar-refractivity contribution in [3.63, 3.8) is 0 Å². The number of ketones is 4. The molecule has 0 aliphatic heterocycles. The molecule has 56 heavy (non-hydrogen) atoms. The normalized spacial score (nSPS) is 13.2. The summed E-state index contributed by atoms with van der Waals surface area (Å²) in [6.07, 6.45) is 8.71. The van der Waals surface area contributed by atoms with Gasteiger partial charge in [-0.25, -0.2) is 0 Å². The van der Waals surface area contributed by atoms with Crippen LogP contribution in [0, 0.1) is 0 Å². The third-order valence-corrected chi connectivity index (χ3v) is 10.5. The van der Waals surface area contributed by atoms with Gasteiger partial charge >= 0.3 is 0 Å². The Morgan fingerprint density at radius 1 is 0.536 bits per heavy atom.